The lowest BCUT2D eigenvalue weighted by Crippen LogP contribution is -2.38. The number of nitrogens with two attached hydrogens (primary N) is 1. The van der Waals surface area contributed by atoms with E-state index in [1.807, 2.05) is 0 Å². The number of carboxylic acid groups (broad SMARTS) is 1. The lowest BCUT2D eigenvalue weighted by atomic mass is 10.1. The standard InChI is InChI=1S/C10H11BrN2O3/c1-5(10(15)16)13-9(14)7-4-6(11)2-3-8(7)12/h2-5H,12H2,1H3,(H,13,14)(H,15,16). The van der Waals surface area contributed by atoms with Crippen molar-refractivity contribution in [3.8, 4) is 0 Å². The van der Waals surface area contributed by atoms with Gasteiger partial charge in [0.1, 0.15) is 6.04 Å². The number of carboxylic acids is 1. The van der Waals surface area contributed by atoms with Crippen LogP contribution in [-0.4, -0.2) is 23.0 Å². The molecule has 0 saturated carbocycles. The maximum absolute atomic E-state index is 11.7. The molecule has 6 heteroatoms. The van der Waals surface area contributed by atoms with Crippen molar-refractivity contribution in [3.05, 3.63) is 28.2 Å². The Hall–Kier alpha value is -1.56. The van der Waals surface area contributed by atoms with Crippen LogP contribution in [0.3, 0.4) is 0 Å². The number of carbonyl (C=O) groups excluding carboxylic acids is 1. The number of anilines is 1. The number of hydrogen-bond donors (Lipinski definition) is 3. The molecule has 1 rings (SSSR count). The van der Waals surface area contributed by atoms with Crippen molar-refractivity contribution in [2.45, 2.75) is 13.0 Å². The average molecular weight is 287 g/mol. The number of rotatable bonds is 3. The Morgan fingerprint density at radius 2 is 2.12 bits per heavy atom. The summed E-state index contributed by atoms with van der Waals surface area (Å²) in [5, 5.41) is 11.0. The largest absolute Gasteiger partial charge is 0.480 e. The number of carbonyl (C=O) groups is 2. The summed E-state index contributed by atoms with van der Waals surface area (Å²) in [5.41, 5.74) is 6.17. The second-order valence-electron chi connectivity index (χ2n) is 3.26. The quantitative estimate of drug-likeness (QED) is 0.729. The fraction of sp³-hybridized carbons (Fsp3) is 0.200. The van der Waals surface area contributed by atoms with Crippen molar-refractivity contribution in [3.63, 3.8) is 0 Å². The first-order valence-corrected chi connectivity index (χ1v) is 5.30. The highest BCUT2D eigenvalue weighted by molar-refractivity contribution is 9.10. The van der Waals surface area contributed by atoms with Crippen LogP contribution in [0.2, 0.25) is 0 Å². The maximum atomic E-state index is 11.7. The molecule has 0 saturated heterocycles. The zero-order valence-corrected chi connectivity index (χ0v) is 10.1. The first-order chi connectivity index (χ1) is 7.41. The van der Waals surface area contributed by atoms with Crippen LogP contribution in [0.1, 0.15) is 17.3 Å². The van der Waals surface area contributed by atoms with Gasteiger partial charge in [0.05, 0.1) is 5.56 Å². The van der Waals surface area contributed by atoms with E-state index in [0.29, 0.717) is 10.2 Å². The lowest BCUT2D eigenvalue weighted by Gasteiger charge is -2.10. The molecule has 0 aromatic heterocycles. The van der Waals surface area contributed by atoms with Gasteiger partial charge < -0.3 is 16.2 Å². The van der Waals surface area contributed by atoms with Crippen molar-refractivity contribution in [1.82, 2.24) is 5.32 Å². The number of halogens is 1. The molecule has 0 aliphatic rings. The zero-order valence-electron chi connectivity index (χ0n) is 8.53. The summed E-state index contributed by atoms with van der Waals surface area (Å²) in [6.45, 7) is 1.38. The summed E-state index contributed by atoms with van der Waals surface area (Å²) in [7, 11) is 0. The van der Waals surface area contributed by atoms with Crippen LogP contribution in [0.15, 0.2) is 22.7 Å². The SMILES string of the molecule is CC(NC(=O)c1cc(Br)ccc1N)C(=O)O. The molecule has 0 aliphatic heterocycles. The zero-order chi connectivity index (χ0) is 12.3. The number of benzene rings is 1. The summed E-state index contributed by atoms with van der Waals surface area (Å²) < 4.78 is 0.704. The van der Waals surface area contributed by atoms with Gasteiger partial charge in [-0.15, -0.1) is 0 Å². The van der Waals surface area contributed by atoms with E-state index >= 15 is 0 Å². The number of nitrogen functional groups attached to an aromatic ring is 1. The molecule has 0 fully saturated rings. The summed E-state index contributed by atoms with van der Waals surface area (Å²) in [4.78, 5) is 22.2. The van der Waals surface area contributed by atoms with Gasteiger partial charge in [0.25, 0.3) is 5.91 Å². The molecule has 1 unspecified atom stereocenters. The van der Waals surface area contributed by atoms with Crippen LogP contribution < -0.4 is 11.1 Å². The van der Waals surface area contributed by atoms with E-state index in [1.54, 1.807) is 18.2 Å². The molecule has 0 spiro atoms. The summed E-state index contributed by atoms with van der Waals surface area (Å²) in [6.07, 6.45) is 0. The number of aliphatic carboxylic acids is 1. The van der Waals surface area contributed by atoms with Gasteiger partial charge in [-0.2, -0.15) is 0 Å². The Morgan fingerprint density at radius 3 is 2.69 bits per heavy atom. The van der Waals surface area contributed by atoms with Crippen molar-refractivity contribution >= 4 is 33.5 Å². The normalized spacial score (nSPS) is 11.9. The van der Waals surface area contributed by atoms with Crippen LogP contribution in [0.4, 0.5) is 5.69 Å². The van der Waals surface area contributed by atoms with Crippen molar-refractivity contribution < 1.29 is 14.7 Å². The van der Waals surface area contributed by atoms with E-state index in [0.717, 1.165) is 0 Å². The van der Waals surface area contributed by atoms with E-state index < -0.39 is 17.9 Å². The summed E-state index contributed by atoms with van der Waals surface area (Å²) in [5.74, 6) is -1.60. The van der Waals surface area contributed by atoms with E-state index in [9.17, 15) is 9.59 Å². The van der Waals surface area contributed by atoms with Crippen LogP contribution in [0.5, 0.6) is 0 Å². The molecular formula is C10H11BrN2O3. The third-order valence-corrected chi connectivity index (χ3v) is 2.47. The van der Waals surface area contributed by atoms with E-state index in [2.05, 4.69) is 21.2 Å². The molecule has 16 heavy (non-hydrogen) atoms. The molecule has 4 N–H and O–H groups in total. The fourth-order valence-corrected chi connectivity index (χ4v) is 1.42. The first kappa shape index (κ1) is 12.5. The Bertz CT molecular complexity index is 434. The highest BCUT2D eigenvalue weighted by atomic mass is 79.9. The highest BCUT2D eigenvalue weighted by Crippen LogP contribution is 2.18. The van der Waals surface area contributed by atoms with Crippen molar-refractivity contribution in [2.24, 2.45) is 0 Å². The second-order valence-corrected chi connectivity index (χ2v) is 4.18. The first-order valence-electron chi connectivity index (χ1n) is 4.50. The van der Waals surface area contributed by atoms with Gasteiger partial charge in [0, 0.05) is 10.2 Å². The third-order valence-electron chi connectivity index (χ3n) is 1.98. The van der Waals surface area contributed by atoms with E-state index in [1.165, 1.54) is 6.92 Å². The Balaban J connectivity index is 2.88. The van der Waals surface area contributed by atoms with Crippen molar-refractivity contribution in [1.29, 1.82) is 0 Å². The van der Waals surface area contributed by atoms with Gasteiger partial charge in [0.2, 0.25) is 0 Å². The lowest BCUT2D eigenvalue weighted by molar-refractivity contribution is -0.138. The molecule has 0 radical (unpaired) electrons. The smallest absolute Gasteiger partial charge is 0.325 e. The predicted octanol–water partition coefficient (Wildman–Crippen LogP) is 1.23. The molecule has 1 amide bonds. The van der Waals surface area contributed by atoms with Gasteiger partial charge in [-0.3, -0.25) is 9.59 Å². The summed E-state index contributed by atoms with van der Waals surface area (Å²) >= 11 is 3.21. The van der Waals surface area contributed by atoms with Gasteiger partial charge in [0.15, 0.2) is 0 Å². The van der Waals surface area contributed by atoms with Gasteiger partial charge in [-0.1, -0.05) is 15.9 Å². The van der Waals surface area contributed by atoms with Crippen LogP contribution in [-0.2, 0) is 4.79 Å². The maximum Gasteiger partial charge on any atom is 0.325 e. The average Bonchev–Trinajstić information content (AvgIpc) is 2.21. The molecule has 86 valence electrons. The highest BCUT2D eigenvalue weighted by Gasteiger charge is 2.17. The molecule has 0 bridgehead atoms. The number of amides is 1. The molecule has 1 aromatic carbocycles. The van der Waals surface area contributed by atoms with Gasteiger partial charge in [-0.05, 0) is 25.1 Å². The second kappa shape index (κ2) is 4.98. The van der Waals surface area contributed by atoms with E-state index in [4.69, 9.17) is 10.8 Å². The molecule has 5 nitrogen and oxygen atoms in total. The van der Waals surface area contributed by atoms with Crippen LogP contribution in [0.25, 0.3) is 0 Å². The van der Waals surface area contributed by atoms with Gasteiger partial charge >= 0.3 is 5.97 Å². The monoisotopic (exact) mass is 286 g/mol. The minimum Gasteiger partial charge on any atom is -0.480 e. The van der Waals surface area contributed by atoms with Crippen molar-refractivity contribution in [2.75, 3.05) is 5.73 Å². The van der Waals surface area contributed by atoms with Crippen LogP contribution >= 0.6 is 15.9 Å². The molecule has 1 aromatic rings. The topological polar surface area (TPSA) is 92.4 Å². The Kier molecular flexibility index (Phi) is 3.89. The van der Waals surface area contributed by atoms with Gasteiger partial charge in [-0.25, -0.2) is 0 Å². The van der Waals surface area contributed by atoms with E-state index in [-0.39, 0.29) is 5.56 Å². The Labute approximate surface area is 101 Å². The third kappa shape index (κ3) is 2.96. The fourth-order valence-electron chi connectivity index (χ4n) is 1.06. The summed E-state index contributed by atoms with van der Waals surface area (Å²) in [6, 6.07) is 3.86. The minimum absolute atomic E-state index is 0.252. The minimum atomic E-state index is -1.10. The Morgan fingerprint density at radius 1 is 1.50 bits per heavy atom. The molecular weight excluding hydrogens is 276 g/mol. The van der Waals surface area contributed by atoms with Crippen LogP contribution in [0, 0.1) is 0 Å². The molecule has 1 atom stereocenters. The predicted molar refractivity (Wildman–Crippen MR) is 63.1 cm³/mol. The molecule has 0 heterocycles. The number of hydrogen-bond acceptors (Lipinski definition) is 3. The molecule has 0 aliphatic carbocycles. The number of nitrogens with one attached hydrogen (secondary N) is 1.